The highest BCUT2D eigenvalue weighted by atomic mass is 32.2. The third kappa shape index (κ3) is 6.14. The molecule has 19 heavy (non-hydrogen) atoms. The molecule has 0 atom stereocenters. The normalized spacial score (nSPS) is 11.4. The van der Waals surface area contributed by atoms with E-state index in [0.717, 1.165) is 35.5 Å². The molecule has 1 heterocycles. The van der Waals surface area contributed by atoms with Gasteiger partial charge in [0, 0.05) is 24.9 Å². The van der Waals surface area contributed by atoms with Crippen LogP contribution in [0.25, 0.3) is 0 Å². The number of nitrogens with zero attached hydrogens (tertiary/aromatic N) is 2. The van der Waals surface area contributed by atoms with Crippen molar-refractivity contribution in [2.75, 3.05) is 25.1 Å². The molecular formula is C11H18N4O3S. The van der Waals surface area contributed by atoms with E-state index < -0.39 is 4.92 Å². The van der Waals surface area contributed by atoms with E-state index in [-0.39, 0.29) is 0 Å². The van der Waals surface area contributed by atoms with Gasteiger partial charge in [-0.2, -0.15) is 11.8 Å². The van der Waals surface area contributed by atoms with E-state index in [2.05, 4.69) is 15.8 Å². The molecule has 0 aliphatic rings. The van der Waals surface area contributed by atoms with Crippen LogP contribution in [0, 0.1) is 17.0 Å². The average Bonchev–Trinajstić information content (AvgIpc) is 2.77. The summed E-state index contributed by atoms with van der Waals surface area (Å²) < 4.78 is 4.97. The fourth-order valence-corrected chi connectivity index (χ4v) is 2.22. The Balaban J connectivity index is 2.11. The molecule has 0 aromatic carbocycles. The van der Waals surface area contributed by atoms with Gasteiger partial charge in [-0.05, 0) is 19.1 Å². The Bertz CT molecular complexity index is 433. The maximum Gasteiger partial charge on any atom is 0.274 e. The number of thioether (sulfide) groups is 1. The molecule has 0 saturated heterocycles. The van der Waals surface area contributed by atoms with Crippen molar-refractivity contribution in [3.63, 3.8) is 0 Å². The maximum atomic E-state index is 10.3. The fraction of sp³-hybridized carbons (Fsp3) is 0.545. The number of nitrogens with one attached hydrogen (secondary N) is 2. The molecule has 0 spiro atoms. The highest BCUT2D eigenvalue weighted by Crippen LogP contribution is 2.10. The van der Waals surface area contributed by atoms with Gasteiger partial charge in [0.1, 0.15) is 5.76 Å². The van der Waals surface area contributed by atoms with Gasteiger partial charge in [0.15, 0.2) is 5.82 Å². The second-order valence-corrected chi connectivity index (χ2v) is 5.00. The molecule has 0 aliphatic carbocycles. The second kappa shape index (κ2) is 8.41. The average molecular weight is 286 g/mol. The molecule has 8 heteroatoms. The summed E-state index contributed by atoms with van der Waals surface area (Å²) in [5.41, 5.74) is 1.13. The SMILES string of the molecule is CN/C(=C/[N+](=O)[O-])NCCSCCc1cnoc1C. The van der Waals surface area contributed by atoms with E-state index >= 15 is 0 Å². The monoisotopic (exact) mass is 286 g/mol. The molecule has 1 rings (SSSR count). The molecule has 0 aliphatic heterocycles. The Morgan fingerprint density at radius 3 is 3.00 bits per heavy atom. The van der Waals surface area contributed by atoms with Crippen LogP contribution in [0.4, 0.5) is 0 Å². The van der Waals surface area contributed by atoms with Crippen LogP contribution < -0.4 is 10.6 Å². The standard InChI is InChI=1S/C11H18N4O3S/c1-9-10(7-14-18-9)3-5-19-6-4-13-11(12-2)8-15(16)17/h7-8,12-13H,3-6H2,1-2H3/b11-8-. The number of hydrogen-bond donors (Lipinski definition) is 2. The van der Waals surface area contributed by atoms with E-state index in [9.17, 15) is 10.1 Å². The molecule has 0 unspecified atom stereocenters. The van der Waals surface area contributed by atoms with E-state index in [1.165, 1.54) is 0 Å². The van der Waals surface area contributed by atoms with Crippen molar-refractivity contribution in [2.45, 2.75) is 13.3 Å². The van der Waals surface area contributed by atoms with E-state index in [0.29, 0.717) is 12.4 Å². The zero-order valence-corrected chi connectivity index (χ0v) is 11.8. The molecule has 0 amide bonds. The number of aromatic nitrogens is 1. The Hall–Kier alpha value is -1.70. The van der Waals surface area contributed by atoms with Crippen molar-refractivity contribution in [2.24, 2.45) is 0 Å². The van der Waals surface area contributed by atoms with Crippen LogP contribution in [0.5, 0.6) is 0 Å². The summed E-state index contributed by atoms with van der Waals surface area (Å²) >= 11 is 1.77. The van der Waals surface area contributed by atoms with Crippen LogP contribution in [0.2, 0.25) is 0 Å². The third-order valence-electron chi connectivity index (χ3n) is 2.43. The minimum Gasteiger partial charge on any atom is -0.370 e. The van der Waals surface area contributed by atoms with Gasteiger partial charge in [0.25, 0.3) is 6.20 Å². The first-order valence-corrected chi connectivity index (χ1v) is 7.03. The Kier molecular flexibility index (Phi) is 6.80. The summed E-state index contributed by atoms with van der Waals surface area (Å²) in [6.45, 7) is 2.57. The van der Waals surface area contributed by atoms with Crippen molar-refractivity contribution in [1.29, 1.82) is 0 Å². The first-order valence-electron chi connectivity index (χ1n) is 5.88. The number of rotatable bonds is 9. The summed E-state index contributed by atoms with van der Waals surface area (Å²) in [6.07, 6.45) is 3.59. The van der Waals surface area contributed by atoms with Gasteiger partial charge in [-0.25, -0.2) is 0 Å². The predicted molar refractivity (Wildman–Crippen MR) is 74.4 cm³/mol. The first kappa shape index (κ1) is 15.4. The van der Waals surface area contributed by atoms with E-state index in [1.54, 1.807) is 25.0 Å². The van der Waals surface area contributed by atoms with Crippen LogP contribution in [0.1, 0.15) is 11.3 Å². The lowest BCUT2D eigenvalue weighted by Crippen LogP contribution is -2.26. The summed E-state index contributed by atoms with van der Waals surface area (Å²) in [5, 5.41) is 19.7. The Morgan fingerprint density at radius 1 is 1.63 bits per heavy atom. The lowest BCUT2D eigenvalue weighted by molar-refractivity contribution is -0.404. The van der Waals surface area contributed by atoms with Crippen molar-refractivity contribution in [1.82, 2.24) is 15.8 Å². The third-order valence-corrected chi connectivity index (χ3v) is 3.42. The van der Waals surface area contributed by atoms with Gasteiger partial charge < -0.3 is 15.2 Å². The van der Waals surface area contributed by atoms with E-state index in [1.807, 2.05) is 6.92 Å². The van der Waals surface area contributed by atoms with Crippen LogP contribution in [0.15, 0.2) is 22.7 Å². The number of nitro groups is 1. The predicted octanol–water partition coefficient (Wildman–Crippen LogP) is 1.14. The Morgan fingerprint density at radius 2 is 2.42 bits per heavy atom. The van der Waals surface area contributed by atoms with Gasteiger partial charge in [0.05, 0.1) is 11.1 Å². The maximum absolute atomic E-state index is 10.3. The lowest BCUT2D eigenvalue weighted by atomic mass is 10.2. The van der Waals surface area contributed by atoms with Gasteiger partial charge >= 0.3 is 0 Å². The van der Waals surface area contributed by atoms with Crippen molar-refractivity contribution in [3.05, 3.63) is 39.7 Å². The minimum absolute atomic E-state index is 0.417. The van der Waals surface area contributed by atoms with Gasteiger partial charge in [-0.15, -0.1) is 0 Å². The number of hydrogen-bond acceptors (Lipinski definition) is 7. The highest BCUT2D eigenvalue weighted by molar-refractivity contribution is 7.99. The molecule has 0 saturated carbocycles. The molecule has 106 valence electrons. The quantitative estimate of drug-likeness (QED) is 0.399. The molecule has 1 aromatic heterocycles. The lowest BCUT2D eigenvalue weighted by Gasteiger charge is -2.07. The molecule has 0 bridgehead atoms. The summed E-state index contributed by atoms with van der Waals surface area (Å²) in [5.74, 6) is 3.13. The molecule has 0 fully saturated rings. The molecule has 0 radical (unpaired) electrons. The minimum atomic E-state index is -0.485. The fourth-order valence-electron chi connectivity index (χ4n) is 1.41. The van der Waals surface area contributed by atoms with Crippen LogP contribution in [0.3, 0.4) is 0 Å². The first-order chi connectivity index (χ1) is 9.13. The van der Waals surface area contributed by atoms with Crippen LogP contribution in [-0.2, 0) is 6.42 Å². The van der Waals surface area contributed by atoms with E-state index in [4.69, 9.17) is 4.52 Å². The zero-order chi connectivity index (χ0) is 14.1. The van der Waals surface area contributed by atoms with Crippen molar-refractivity contribution >= 4 is 11.8 Å². The second-order valence-electron chi connectivity index (χ2n) is 3.77. The summed E-state index contributed by atoms with van der Waals surface area (Å²) in [7, 11) is 1.64. The van der Waals surface area contributed by atoms with Crippen LogP contribution in [-0.4, -0.2) is 35.2 Å². The molecule has 7 nitrogen and oxygen atoms in total. The molecular weight excluding hydrogens is 268 g/mol. The van der Waals surface area contributed by atoms with Crippen molar-refractivity contribution < 1.29 is 9.45 Å². The van der Waals surface area contributed by atoms with Gasteiger partial charge in [-0.1, -0.05) is 5.16 Å². The van der Waals surface area contributed by atoms with Crippen LogP contribution >= 0.6 is 11.8 Å². The number of aryl methyl sites for hydroxylation is 2. The van der Waals surface area contributed by atoms with Crippen molar-refractivity contribution in [3.8, 4) is 0 Å². The smallest absolute Gasteiger partial charge is 0.274 e. The molecule has 1 aromatic rings. The summed E-state index contributed by atoms with van der Waals surface area (Å²) in [6, 6.07) is 0. The largest absolute Gasteiger partial charge is 0.370 e. The topological polar surface area (TPSA) is 93.2 Å². The highest BCUT2D eigenvalue weighted by Gasteiger charge is 2.02. The zero-order valence-electron chi connectivity index (χ0n) is 11.0. The molecule has 2 N–H and O–H groups in total. The van der Waals surface area contributed by atoms with Gasteiger partial charge in [-0.3, -0.25) is 10.1 Å². The summed E-state index contributed by atoms with van der Waals surface area (Å²) in [4.78, 5) is 9.81. The Labute approximate surface area is 116 Å². The van der Waals surface area contributed by atoms with Gasteiger partial charge in [0.2, 0.25) is 0 Å².